The maximum Gasteiger partial charge on any atom is 0.125 e. The second-order valence-electron chi connectivity index (χ2n) is 6.32. The minimum Gasteiger partial charge on any atom is -0.368 e. The van der Waals surface area contributed by atoms with Gasteiger partial charge in [0.2, 0.25) is 0 Å². The van der Waals surface area contributed by atoms with Crippen LogP contribution in [0, 0.1) is 5.92 Å². The highest BCUT2D eigenvalue weighted by atomic mass is 32.1. The Kier molecular flexibility index (Phi) is 5.21. The molecular formula is C16H28N2OS. The summed E-state index contributed by atoms with van der Waals surface area (Å²) in [5, 5.41) is 1.16. The molecule has 0 bridgehead atoms. The molecule has 1 aliphatic carbocycles. The van der Waals surface area contributed by atoms with Gasteiger partial charge in [-0.25, -0.2) is 4.98 Å². The van der Waals surface area contributed by atoms with Crippen LogP contribution in [0.25, 0.3) is 0 Å². The first-order valence-electron chi connectivity index (χ1n) is 7.86. The minimum absolute atomic E-state index is 0.159. The van der Waals surface area contributed by atoms with Crippen molar-refractivity contribution >= 4 is 11.3 Å². The van der Waals surface area contributed by atoms with Gasteiger partial charge in [-0.3, -0.25) is 0 Å². The second-order valence-corrected chi connectivity index (χ2v) is 7.40. The molecule has 2 atom stereocenters. The lowest BCUT2D eigenvalue weighted by molar-refractivity contribution is -0.0821. The standard InChI is InChI=1S/C16H28N2OS/c1-5-19-16(8-6-7-12(4)9-16)15-18-14(11(2)3)13(10-17)20-15/h11-12H,5-10,17H2,1-4H3. The first kappa shape index (κ1) is 15.9. The molecule has 0 amide bonds. The highest BCUT2D eigenvalue weighted by Crippen LogP contribution is 2.45. The van der Waals surface area contributed by atoms with Crippen LogP contribution in [0.2, 0.25) is 0 Å². The molecule has 3 nitrogen and oxygen atoms in total. The van der Waals surface area contributed by atoms with Crippen LogP contribution in [0.1, 0.15) is 74.9 Å². The average Bonchev–Trinajstić information content (AvgIpc) is 2.84. The fourth-order valence-electron chi connectivity index (χ4n) is 3.32. The Labute approximate surface area is 126 Å². The van der Waals surface area contributed by atoms with Crippen LogP contribution in [0.4, 0.5) is 0 Å². The smallest absolute Gasteiger partial charge is 0.125 e. The van der Waals surface area contributed by atoms with Crippen LogP contribution >= 0.6 is 11.3 Å². The van der Waals surface area contributed by atoms with Crippen molar-refractivity contribution in [3.63, 3.8) is 0 Å². The van der Waals surface area contributed by atoms with Gasteiger partial charge < -0.3 is 10.5 Å². The molecule has 1 heterocycles. The minimum atomic E-state index is -0.159. The first-order chi connectivity index (χ1) is 9.52. The first-order valence-corrected chi connectivity index (χ1v) is 8.68. The van der Waals surface area contributed by atoms with E-state index in [4.69, 9.17) is 15.5 Å². The Bertz CT molecular complexity index is 440. The molecule has 0 spiro atoms. The molecule has 0 aliphatic heterocycles. The fraction of sp³-hybridized carbons (Fsp3) is 0.812. The number of nitrogens with zero attached hydrogens (tertiary/aromatic N) is 1. The topological polar surface area (TPSA) is 48.1 Å². The van der Waals surface area contributed by atoms with Crippen molar-refractivity contribution in [1.29, 1.82) is 0 Å². The van der Waals surface area contributed by atoms with E-state index in [1.54, 1.807) is 11.3 Å². The zero-order valence-electron chi connectivity index (χ0n) is 13.2. The van der Waals surface area contributed by atoms with Gasteiger partial charge >= 0.3 is 0 Å². The van der Waals surface area contributed by atoms with Crippen LogP contribution < -0.4 is 5.73 Å². The summed E-state index contributed by atoms with van der Waals surface area (Å²) < 4.78 is 6.23. The van der Waals surface area contributed by atoms with E-state index in [0.29, 0.717) is 18.4 Å². The molecule has 4 heteroatoms. The number of rotatable bonds is 5. The molecular weight excluding hydrogens is 268 g/mol. The summed E-state index contributed by atoms with van der Waals surface area (Å²) in [5.41, 5.74) is 6.92. The second kappa shape index (κ2) is 6.54. The Morgan fingerprint density at radius 3 is 2.75 bits per heavy atom. The summed E-state index contributed by atoms with van der Waals surface area (Å²) in [6.45, 7) is 10.1. The lowest BCUT2D eigenvalue weighted by Crippen LogP contribution is -2.35. The van der Waals surface area contributed by atoms with Gasteiger partial charge in [0.1, 0.15) is 10.6 Å². The highest BCUT2D eigenvalue weighted by molar-refractivity contribution is 7.11. The van der Waals surface area contributed by atoms with E-state index in [2.05, 4.69) is 27.7 Å². The summed E-state index contributed by atoms with van der Waals surface area (Å²) in [4.78, 5) is 6.17. The van der Waals surface area contributed by atoms with Gasteiger partial charge in [0.15, 0.2) is 0 Å². The molecule has 20 heavy (non-hydrogen) atoms. The van der Waals surface area contributed by atoms with Crippen LogP contribution in [-0.4, -0.2) is 11.6 Å². The molecule has 0 radical (unpaired) electrons. The lowest BCUT2D eigenvalue weighted by atomic mass is 9.79. The number of thiazole rings is 1. The van der Waals surface area contributed by atoms with E-state index in [1.165, 1.54) is 23.4 Å². The predicted molar refractivity (Wildman–Crippen MR) is 85.0 cm³/mol. The van der Waals surface area contributed by atoms with E-state index in [-0.39, 0.29) is 5.60 Å². The van der Waals surface area contributed by atoms with Gasteiger partial charge in [0.05, 0.1) is 5.69 Å². The molecule has 2 N–H and O–H groups in total. The van der Waals surface area contributed by atoms with Gasteiger partial charge in [-0.05, 0) is 38.0 Å². The number of nitrogens with two attached hydrogens (primary N) is 1. The average molecular weight is 296 g/mol. The number of hydrogen-bond donors (Lipinski definition) is 1. The van der Waals surface area contributed by atoms with Crippen molar-refractivity contribution < 1.29 is 4.74 Å². The van der Waals surface area contributed by atoms with Crippen molar-refractivity contribution in [1.82, 2.24) is 4.98 Å². The third kappa shape index (κ3) is 3.07. The van der Waals surface area contributed by atoms with E-state index in [1.807, 2.05) is 0 Å². The molecule has 1 fully saturated rings. The molecule has 114 valence electrons. The highest BCUT2D eigenvalue weighted by Gasteiger charge is 2.40. The van der Waals surface area contributed by atoms with Crippen LogP contribution in [0.15, 0.2) is 0 Å². The van der Waals surface area contributed by atoms with E-state index < -0.39 is 0 Å². The van der Waals surface area contributed by atoms with Crippen molar-refractivity contribution in [2.24, 2.45) is 11.7 Å². The largest absolute Gasteiger partial charge is 0.368 e. The monoisotopic (exact) mass is 296 g/mol. The summed E-state index contributed by atoms with van der Waals surface area (Å²) >= 11 is 1.77. The Balaban J connectivity index is 2.38. The van der Waals surface area contributed by atoms with Crippen LogP contribution in [-0.2, 0) is 16.9 Å². The zero-order valence-corrected chi connectivity index (χ0v) is 14.1. The molecule has 1 aromatic heterocycles. The molecule has 0 saturated heterocycles. The van der Waals surface area contributed by atoms with E-state index in [9.17, 15) is 0 Å². The summed E-state index contributed by atoms with van der Waals surface area (Å²) in [5.74, 6) is 1.14. The lowest BCUT2D eigenvalue weighted by Gasteiger charge is -2.38. The summed E-state index contributed by atoms with van der Waals surface area (Å²) in [7, 11) is 0. The van der Waals surface area contributed by atoms with Crippen molar-refractivity contribution in [3.8, 4) is 0 Å². The van der Waals surface area contributed by atoms with Crippen molar-refractivity contribution in [3.05, 3.63) is 15.6 Å². The van der Waals surface area contributed by atoms with Crippen molar-refractivity contribution in [2.45, 2.75) is 71.4 Å². The molecule has 1 aliphatic rings. The van der Waals surface area contributed by atoms with Gasteiger partial charge in [-0.1, -0.05) is 27.2 Å². The van der Waals surface area contributed by atoms with Gasteiger partial charge in [0.25, 0.3) is 0 Å². The van der Waals surface area contributed by atoms with E-state index in [0.717, 1.165) is 24.5 Å². The Morgan fingerprint density at radius 2 is 2.25 bits per heavy atom. The normalized spacial score (nSPS) is 27.2. The van der Waals surface area contributed by atoms with Crippen LogP contribution in [0.5, 0.6) is 0 Å². The predicted octanol–water partition coefficient (Wildman–Crippen LogP) is 4.17. The molecule has 2 unspecified atom stereocenters. The van der Waals surface area contributed by atoms with Gasteiger partial charge in [0, 0.05) is 18.0 Å². The molecule has 2 rings (SSSR count). The number of hydrogen-bond acceptors (Lipinski definition) is 4. The Morgan fingerprint density at radius 1 is 1.50 bits per heavy atom. The van der Waals surface area contributed by atoms with E-state index >= 15 is 0 Å². The summed E-state index contributed by atoms with van der Waals surface area (Å²) in [6.07, 6.45) is 4.73. The Hall–Kier alpha value is -0.450. The SMILES string of the molecule is CCOC1(c2nc(C(C)C)c(CN)s2)CCCC(C)C1. The maximum absolute atomic E-state index is 6.23. The third-order valence-electron chi connectivity index (χ3n) is 4.23. The van der Waals surface area contributed by atoms with Crippen LogP contribution in [0.3, 0.4) is 0 Å². The molecule has 0 aromatic carbocycles. The fourth-order valence-corrected chi connectivity index (χ4v) is 4.60. The third-order valence-corrected chi connectivity index (χ3v) is 5.50. The quantitative estimate of drug-likeness (QED) is 0.887. The van der Waals surface area contributed by atoms with Gasteiger partial charge in [-0.2, -0.15) is 0 Å². The van der Waals surface area contributed by atoms with Crippen molar-refractivity contribution in [2.75, 3.05) is 6.61 Å². The number of ether oxygens (including phenoxy) is 1. The van der Waals surface area contributed by atoms with Gasteiger partial charge in [-0.15, -0.1) is 11.3 Å². The molecule has 1 aromatic rings. The number of aromatic nitrogens is 1. The zero-order chi connectivity index (χ0) is 14.8. The maximum atomic E-state index is 6.23. The summed E-state index contributed by atoms with van der Waals surface area (Å²) in [6, 6.07) is 0. The molecule has 1 saturated carbocycles.